The molecule has 2 saturated heterocycles. The number of nitrogens with zero attached hydrogens (tertiary/aromatic N) is 3. The molecule has 298 valence electrons. The van der Waals surface area contributed by atoms with E-state index in [4.69, 9.17) is 11.3 Å². The minimum absolute atomic E-state index is 0.00594. The van der Waals surface area contributed by atoms with Crippen molar-refractivity contribution in [2.75, 3.05) is 31.2 Å². The molecule has 3 aliphatic heterocycles. The van der Waals surface area contributed by atoms with E-state index in [9.17, 15) is 28.8 Å². The smallest absolute Gasteiger partial charge is 0.262 e. The third-order valence-electron chi connectivity index (χ3n) is 12.2. The van der Waals surface area contributed by atoms with Crippen molar-refractivity contribution < 1.29 is 33.5 Å². The van der Waals surface area contributed by atoms with Crippen molar-refractivity contribution >= 4 is 57.6 Å². The van der Waals surface area contributed by atoms with Crippen LogP contribution in [0, 0.1) is 6.57 Å². The third-order valence-corrected chi connectivity index (χ3v) is 12.2. The summed E-state index contributed by atoms with van der Waals surface area (Å²) in [6.45, 7) is 16.0. The number of carbonyl (C=O) groups is 6. The molecule has 13 heteroatoms. The van der Waals surface area contributed by atoms with Crippen LogP contribution in [0.1, 0.15) is 118 Å². The number of nitrogens with one attached hydrogen (secondary N) is 3. The van der Waals surface area contributed by atoms with Gasteiger partial charge in [0.2, 0.25) is 17.7 Å². The molecule has 5 amide bonds. The zero-order valence-corrected chi connectivity index (χ0v) is 33.0. The summed E-state index contributed by atoms with van der Waals surface area (Å²) in [5.74, 6) is -2.17. The average Bonchev–Trinajstić information content (AvgIpc) is 3.73. The number of aromatic amines is 1. The highest BCUT2D eigenvalue weighted by Crippen LogP contribution is 2.46. The van der Waals surface area contributed by atoms with Gasteiger partial charge in [0.05, 0.1) is 29.9 Å². The molecule has 1 aromatic heterocycles. The lowest BCUT2D eigenvalue weighted by Gasteiger charge is -2.38. The molecule has 0 radical (unpaired) electrons. The number of imide groups is 2. The van der Waals surface area contributed by atoms with Gasteiger partial charge in [-0.1, -0.05) is 45.0 Å². The van der Waals surface area contributed by atoms with Crippen LogP contribution < -0.4 is 15.5 Å². The number of aryl methyl sites for hydroxylation is 2. The second-order valence-electron chi connectivity index (χ2n) is 16.1. The van der Waals surface area contributed by atoms with Gasteiger partial charge in [0.15, 0.2) is 11.5 Å². The van der Waals surface area contributed by atoms with Gasteiger partial charge in [-0.3, -0.25) is 39.0 Å². The normalized spacial score (nSPS) is 18.9. The third kappa shape index (κ3) is 6.75. The summed E-state index contributed by atoms with van der Waals surface area (Å²) in [5, 5.41) is 6.24. The van der Waals surface area contributed by atoms with Gasteiger partial charge in [0, 0.05) is 71.8 Å². The van der Waals surface area contributed by atoms with E-state index in [-0.39, 0.29) is 49.2 Å². The Morgan fingerprint density at radius 3 is 2.48 bits per heavy atom. The molecule has 58 heavy (non-hydrogen) atoms. The van der Waals surface area contributed by atoms with Crippen LogP contribution in [-0.2, 0) is 37.4 Å². The fourth-order valence-corrected chi connectivity index (χ4v) is 9.13. The van der Waals surface area contributed by atoms with Crippen LogP contribution in [0.15, 0.2) is 48.5 Å². The Labute approximate surface area is 336 Å². The number of carbonyl (C=O) groups excluding carboxylic acids is 6. The Bertz CT molecular complexity index is 2450. The van der Waals surface area contributed by atoms with Crippen molar-refractivity contribution in [3.05, 3.63) is 105 Å². The van der Waals surface area contributed by atoms with Gasteiger partial charge in [-0.25, -0.2) is 4.85 Å². The number of amides is 5. The maximum absolute atomic E-state index is 14.1. The molecular weight excluding hydrogens is 737 g/mol. The number of piperidine rings is 2. The number of rotatable bonds is 11. The van der Waals surface area contributed by atoms with Gasteiger partial charge >= 0.3 is 0 Å². The van der Waals surface area contributed by atoms with Gasteiger partial charge in [-0.15, -0.1) is 0 Å². The lowest BCUT2D eigenvalue weighted by atomic mass is 9.70. The standard InChI is InChI=1S/C45H46N6O7/c1-5-25-22-31-32(45(2,3)41-39(40(31)54)29-12-11-28(46-4)23-33(29)48-41)24-35(25)50-18-15-27(16-19-50)47-37(53)17-21-58-20-7-9-26-8-6-10-30-38(26)44(57)51(43(30)56)34-13-14-36(52)49-42(34)55/h6,8,10-12,22-24,27,34,48H,5,7,9,13-21H2,1-3H3,(H,47,53)(H,49,52,55). The molecule has 1 atom stereocenters. The van der Waals surface area contributed by atoms with Crippen molar-refractivity contribution in [1.82, 2.24) is 20.5 Å². The van der Waals surface area contributed by atoms with Crippen LogP contribution in [0.25, 0.3) is 15.7 Å². The topological polar surface area (TPSA) is 162 Å². The molecule has 1 aliphatic carbocycles. The van der Waals surface area contributed by atoms with Crippen molar-refractivity contribution in [2.24, 2.45) is 0 Å². The molecule has 3 aromatic carbocycles. The monoisotopic (exact) mass is 782 g/mol. The first-order chi connectivity index (χ1) is 27.9. The Kier molecular flexibility index (Phi) is 10.2. The first-order valence-corrected chi connectivity index (χ1v) is 20.1. The van der Waals surface area contributed by atoms with Gasteiger partial charge < -0.3 is 19.9 Å². The summed E-state index contributed by atoms with van der Waals surface area (Å²) in [7, 11) is 0. The highest BCUT2D eigenvalue weighted by molar-refractivity contribution is 6.24. The zero-order valence-electron chi connectivity index (χ0n) is 33.0. The van der Waals surface area contributed by atoms with E-state index in [1.165, 1.54) is 0 Å². The second kappa shape index (κ2) is 15.3. The van der Waals surface area contributed by atoms with E-state index in [2.05, 4.69) is 58.3 Å². The Morgan fingerprint density at radius 2 is 1.74 bits per heavy atom. The fraction of sp³-hybridized carbons (Fsp3) is 0.400. The summed E-state index contributed by atoms with van der Waals surface area (Å²) >= 11 is 0. The van der Waals surface area contributed by atoms with Gasteiger partial charge in [0.1, 0.15) is 6.04 Å². The molecule has 3 N–H and O–H groups in total. The van der Waals surface area contributed by atoms with Gasteiger partial charge in [-0.05, 0) is 79.5 Å². The Balaban J connectivity index is 0.819. The van der Waals surface area contributed by atoms with Crippen LogP contribution in [0.2, 0.25) is 0 Å². The lowest BCUT2D eigenvalue weighted by Crippen LogP contribution is -2.54. The Hall–Kier alpha value is -6.13. The molecule has 4 aromatic rings. The largest absolute Gasteiger partial charge is 0.381 e. The molecule has 0 bridgehead atoms. The highest BCUT2D eigenvalue weighted by Gasteiger charge is 2.45. The van der Waals surface area contributed by atoms with E-state index < -0.39 is 35.1 Å². The predicted octanol–water partition coefficient (Wildman–Crippen LogP) is 5.68. The second-order valence-corrected chi connectivity index (χ2v) is 16.1. The zero-order chi connectivity index (χ0) is 40.9. The van der Waals surface area contributed by atoms with Gasteiger partial charge in [-0.2, -0.15) is 0 Å². The molecule has 8 rings (SSSR count). The summed E-state index contributed by atoms with van der Waals surface area (Å²) in [5.41, 5.74) is 7.61. The number of benzene rings is 3. The highest BCUT2D eigenvalue weighted by atomic mass is 16.5. The van der Waals surface area contributed by atoms with Crippen LogP contribution in [0.3, 0.4) is 0 Å². The Morgan fingerprint density at radius 1 is 0.948 bits per heavy atom. The number of H-pyrrole nitrogens is 1. The van der Waals surface area contributed by atoms with Crippen molar-refractivity contribution in [3.63, 3.8) is 0 Å². The van der Waals surface area contributed by atoms with E-state index in [1.54, 1.807) is 24.3 Å². The van der Waals surface area contributed by atoms with Crippen LogP contribution in [-0.4, -0.2) is 83.6 Å². The summed E-state index contributed by atoms with van der Waals surface area (Å²) in [6.07, 6.45) is 3.77. The minimum Gasteiger partial charge on any atom is -0.381 e. The van der Waals surface area contributed by atoms with E-state index in [0.717, 1.165) is 76.2 Å². The number of hydrogen-bond acceptors (Lipinski definition) is 8. The molecule has 13 nitrogen and oxygen atoms in total. The average molecular weight is 783 g/mol. The molecule has 2 fully saturated rings. The molecule has 4 heterocycles. The van der Waals surface area contributed by atoms with Crippen LogP contribution >= 0.6 is 0 Å². The van der Waals surface area contributed by atoms with Crippen LogP contribution in [0.4, 0.5) is 11.4 Å². The predicted molar refractivity (Wildman–Crippen MR) is 216 cm³/mol. The number of anilines is 1. The summed E-state index contributed by atoms with van der Waals surface area (Å²) < 4.78 is 5.79. The van der Waals surface area contributed by atoms with Crippen molar-refractivity contribution in [2.45, 2.75) is 89.6 Å². The van der Waals surface area contributed by atoms with Crippen molar-refractivity contribution in [3.8, 4) is 0 Å². The quantitative estimate of drug-likeness (QED) is 0.0996. The first-order valence-electron chi connectivity index (χ1n) is 20.1. The lowest BCUT2D eigenvalue weighted by molar-refractivity contribution is -0.136. The fourth-order valence-electron chi connectivity index (χ4n) is 9.13. The maximum Gasteiger partial charge on any atom is 0.262 e. The number of hydrogen-bond donors (Lipinski definition) is 3. The summed E-state index contributed by atoms with van der Waals surface area (Å²) in [6, 6.07) is 13.8. The van der Waals surface area contributed by atoms with Crippen molar-refractivity contribution in [1.29, 1.82) is 0 Å². The SMILES string of the molecule is [C-]#[N+]c1ccc2c3c([nH]c2c1)C(C)(C)c1cc(N2CCC(NC(=O)CCOCCCc4cccc5c4C(=O)N(C4CCC(=O)NC4=O)C5=O)CC2)c(CC)cc1C3=O. The van der Waals surface area contributed by atoms with Gasteiger partial charge in [0.25, 0.3) is 11.8 Å². The molecule has 0 spiro atoms. The molecule has 0 saturated carbocycles. The number of fused-ring (bicyclic) bond motifs is 5. The van der Waals surface area contributed by atoms with E-state index in [0.29, 0.717) is 41.8 Å². The first kappa shape index (κ1) is 38.7. The number of aromatic nitrogens is 1. The molecular formula is C45H46N6O7. The molecule has 1 unspecified atom stereocenters. The van der Waals surface area contributed by atoms with Crippen LogP contribution in [0.5, 0.6) is 0 Å². The summed E-state index contributed by atoms with van der Waals surface area (Å²) in [4.78, 5) is 87.9. The van der Waals surface area contributed by atoms with E-state index >= 15 is 0 Å². The maximum atomic E-state index is 14.1. The number of ether oxygens (including phenoxy) is 1. The number of ketones is 1. The van der Waals surface area contributed by atoms with E-state index in [1.807, 2.05) is 12.1 Å². The minimum atomic E-state index is -1.01. The molecule has 4 aliphatic rings.